The van der Waals surface area contributed by atoms with Gasteiger partial charge in [-0.3, -0.25) is 14.3 Å². The number of likely N-dealkylation sites (tertiary alicyclic amines) is 1. The van der Waals surface area contributed by atoms with Crippen LogP contribution in [0.4, 0.5) is 5.69 Å². The number of sulfonamides is 1. The van der Waals surface area contributed by atoms with E-state index in [0.29, 0.717) is 36.3 Å². The lowest BCUT2D eigenvalue weighted by atomic mass is 10.1. The molecule has 1 saturated heterocycles. The highest BCUT2D eigenvalue weighted by atomic mass is 32.2. The fourth-order valence-electron chi connectivity index (χ4n) is 3.81. The van der Waals surface area contributed by atoms with Gasteiger partial charge in [-0.25, -0.2) is 8.42 Å². The van der Waals surface area contributed by atoms with E-state index in [0.717, 1.165) is 18.4 Å². The van der Waals surface area contributed by atoms with Crippen LogP contribution in [-0.2, 0) is 14.8 Å². The summed E-state index contributed by atoms with van der Waals surface area (Å²) in [5.74, 6) is -0.344. The van der Waals surface area contributed by atoms with Gasteiger partial charge in [-0.1, -0.05) is 24.6 Å². The molecule has 2 aromatic rings. The van der Waals surface area contributed by atoms with Crippen LogP contribution >= 0.6 is 0 Å². The fourth-order valence-corrected chi connectivity index (χ4v) is 5.09. The zero-order valence-electron chi connectivity index (χ0n) is 18.1. The Morgan fingerprint density at radius 1 is 1.10 bits per heavy atom. The Hall–Kier alpha value is -2.87. The van der Waals surface area contributed by atoms with E-state index in [2.05, 4.69) is 10.0 Å². The number of hydrogen-bond acceptors (Lipinski definition) is 4. The number of hydrogen-bond donors (Lipinski definition) is 2. The van der Waals surface area contributed by atoms with Crippen molar-refractivity contribution < 1.29 is 18.0 Å². The fraction of sp³-hybridized carbons (Fsp3) is 0.391. The summed E-state index contributed by atoms with van der Waals surface area (Å²) in [5.41, 5.74) is 2.45. The average Bonchev–Trinajstić information content (AvgIpc) is 3.21. The molecule has 0 unspecified atom stereocenters. The van der Waals surface area contributed by atoms with Crippen LogP contribution in [0, 0.1) is 13.8 Å². The van der Waals surface area contributed by atoms with E-state index < -0.39 is 16.1 Å². The number of carbonyl (C=O) groups excluding carboxylic acids is 2. The second kappa shape index (κ2) is 9.51. The van der Waals surface area contributed by atoms with Crippen molar-refractivity contribution in [2.75, 3.05) is 17.8 Å². The minimum Gasteiger partial charge on any atom is -0.354 e. The Bertz CT molecular complexity index is 1060. The van der Waals surface area contributed by atoms with Gasteiger partial charge in [0.25, 0.3) is 15.9 Å². The molecule has 166 valence electrons. The van der Waals surface area contributed by atoms with Crippen molar-refractivity contribution in [1.82, 2.24) is 10.2 Å². The van der Waals surface area contributed by atoms with E-state index in [9.17, 15) is 18.0 Å². The molecule has 1 aliphatic heterocycles. The van der Waals surface area contributed by atoms with Crippen LogP contribution in [0.5, 0.6) is 0 Å². The predicted molar refractivity (Wildman–Crippen MR) is 121 cm³/mol. The molecular formula is C23H29N3O4S. The quantitative estimate of drug-likeness (QED) is 0.687. The summed E-state index contributed by atoms with van der Waals surface area (Å²) in [6.07, 6.45) is 2.27. The maximum Gasteiger partial charge on any atom is 0.262 e. The number of nitrogens with one attached hydrogen (secondary N) is 2. The number of nitrogens with zero attached hydrogens (tertiary/aromatic N) is 1. The smallest absolute Gasteiger partial charge is 0.262 e. The van der Waals surface area contributed by atoms with Crippen molar-refractivity contribution in [3.05, 3.63) is 59.2 Å². The molecule has 0 saturated carbocycles. The zero-order chi connectivity index (χ0) is 22.6. The van der Waals surface area contributed by atoms with E-state index >= 15 is 0 Å². The van der Waals surface area contributed by atoms with Gasteiger partial charge in [-0.15, -0.1) is 0 Å². The molecule has 8 heteroatoms. The van der Waals surface area contributed by atoms with E-state index in [1.54, 1.807) is 48.2 Å². The number of aryl methyl sites for hydroxylation is 2. The molecule has 3 rings (SSSR count). The van der Waals surface area contributed by atoms with Gasteiger partial charge in [0, 0.05) is 24.3 Å². The minimum absolute atomic E-state index is 0.120. The summed E-state index contributed by atoms with van der Waals surface area (Å²) in [5, 5.41) is 2.86. The highest BCUT2D eigenvalue weighted by molar-refractivity contribution is 7.92. The molecule has 0 spiro atoms. The molecule has 0 bridgehead atoms. The minimum atomic E-state index is -3.74. The predicted octanol–water partition coefficient (Wildman–Crippen LogP) is 3.24. The molecule has 1 fully saturated rings. The van der Waals surface area contributed by atoms with E-state index in [1.165, 1.54) is 0 Å². The number of carbonyl (C=O) groups is 2. The van der Waals surface area contributed by atoms with Crippen molar-refractivity contribution >= 4 is 27.5 Å². The normalized spacial score (nSPS) is 16.2. The molecule has 2 aromatic carbocycles. The first-order valence-corrected chi connectivity index (χ1v) is 12.0. The average molecular weight is 444 g/mol. The molecule has 1 aliphatic rings. The Labute approximate surface area is 183 Å². The van der Waals surface area contributed by atoms with E-state index in [4.69, 9.17) is 0 Å². The topological polar surface area (TPSA) is 95.6 Å². The molecular weight excluding hydrogens is 414 g/mol. The van der Waals surface area contributed by atoms with Crippen molar-refractivity contribution in [2.45, 2.75) is 51.0 Å². The lowest BCUT2D eigenvalue weighted by Gasteiger charge is -2.24. The summed E-state index contributed by atoms with van der Waals surface area (Å²) in [6, 6.07) is 11.0. The van der Waals surface area contributed by atoms with Gasteiger partial charge in [-0.05, 0) is 69.0 Å². The summed E-state index contributed by atoms with van der Waals surface area (Å²) in [4.78, 5) is 27.1. The Morgan fingerprint density at radius 3 is 2.45 bits per heavy atom. The van der Waals surface area contributed by atoms with Crippen LogP contribution < -0.4 is 10.0 Å². The van der Waals surface area contributed by atoms with Gasteiger partial charge in [0.05, 0.1) is 4.90 Å². The highest BCUT2D eigenvalue weighted by Crippen LogP contribution is 2.23. The van der Waals surface area contributed by atoms with E-state index in [-0.39, 0.29) is 16.7 Å². The van der Waals surface area contributed by atoms with E-state index in [1.807, 2.05) is 19.9 Å². The van der Waals surface area contributed by atoms with Gasteiger partial charge in [0.2, 0.25) is 5.91 Å². The first-order valence-electron chi connectivity index (χ1n) is 10.5. The summed E-state index contributed by atoms with van der Waals surface area (Å²) < 4.78 is 28.0. The van der Waals surface area contributed by atoms with Crippen LogP contribution in [-0.4, -0.2) is 44.3 Å². The van der Waals surface area contributed by atoms with Gasteiger partial charge < -0.3 is 10.2 Å². The van der Waals surface area contributed by atoms with Gasteiger partial charge in [-0.2, -0.15) is 0 Å². The number of benzene rings is 2. The third kappa shape index (κ3) is 5.25. The zero-order valence-corrected chi connectivity index (χ0v) is 19.0. The molecule has 1 heterocycles. The number of anilines is 1. The Balaban J connectivity index is 1.72. The SMILES string of the molecule is CCCNC(=O)[C@H]1CCCN1C(=O)c1ccc(NS(=O)(=O)c2ccc(C)cc2C)cc1. The molecule has 31 heavy (non-hydrogen) atoms. The monoisotopic (exact) mass is 443 g/mol. The molecule has 0 aliphatic carbocycles. The largest absolute Gasteiger partial charge is 0.354 e. The Kier molecular flexibility index (Phi) is 7.00. The van der Waals surface area contributed by atoms with Gasteiger partial charge >= 0.3 is 0 Å². The highest BCUT2D eigenvalue weighted by Gasteiger charge is 2.34. The molecule has 1 atom stereocenters. The molecule has 7 nitrogen and oxygen atoms in total. The summed E-state index contributed by atoms with van der Waals surface area (Å²) in [7, 11) is -3.74. The van der Waals surface area contributed by atoms with Crippen molar-refractivity contribution in [2.24, 2.45) is 0 Å². The molecule has 2 N–H and O–H groups in total. The first kappa shape index (κ1) is 22.8. The third-order valence-electron chi connectivity index (χ3n) is 5.37. The van der Waals surface area contributed by atoms with Crippen molar-refractivity contribution in [1.29, 1.82) is 0 Å². The van der Waals surface area contributed by atoms with Gasteiger partial charge in [0.15, 0.2) is 0 Å². The van der Waals surface area contributed by atoms with Crippen LogP contribution in [0.3, 0.4) is 0 Å². The maximum atomic E-state index is 12.9. The number of rotatable bonds is 7. The van der Waals surface area contributed by atoms with Gasteiger partial charge in [0.1, 0.15) is 6.04 Å². The second-order valence-electron chi connectivity index (χ2n) is 7.90. The van der Waals surface area contributed by atoms with Crippen molar-refractivity contribution in [3.8, 4) is 0 Å². The standard InChI is InChI=1S/C23H29N3O4S/c1-4-13-24-22(27)20-6-5-14-26(20)23(28)18-8-10-19(11-9-18)25-31(29,30)21-12-7-16(2)15-17(21)3/h7-12,15,20,25H,4-6,13-14H2,1-3H3,(H,24,27)/t20-/m1/s1. The molecule has 2 amide bonds. The van der Waals surface area contributed by atoms with Crippen molar-refractivity contribution in [3.63, 3.8) is 0 Å². The first-order chi connectivity index (χ1) is 14.7. The molecule has 0 aromatic heterocycles. The number of amides is 2. The second-order valence-corrected chi connectivity index (χ2v) is 9.55. The Morgan fingerprint density at radius 2 is 1.81 bits per heavy atom. The maximum absolute atomic E-state index is 12.9. The van der Waals surface area contributed by atoms with Crippen LogP contribution in [0.15, 0.2) is 47.4 Å². The van der Waals surface area contributed by atoms with Crippen LogP contribution in [0.25, 0.3) is 0 Å². The van der Waals surface area contributed by atoms with Crippen LogP contribution in [0.2, 0.25) is 0 Å². The molecule has 0 radical (unpaired) electrons. The lowest BCUT2D eigenvalue weighted by Crippen LogP contribution is -2.46. The van der Waals surface area contributed by atoms with Crippen LogP contribution in [0.1, 0.15) is 47.7 Å². The summed E-state index contributed by atoms with van der Waals surface area (Å²) >= 11 is 0. The lowest BCUT2D eigenvalue weighted by molar-refractivity contribution is -0.124. The third-order valence-corrected chi connectivity index (χ3v) is 6.91. The summed E-state index contributed by atoms with van der Waals surface area (Å²) in [6.45, 7) is 6.77.